The van der Waals surface area contributed by atoms with Gasteiger partial charge in [0.25, 0.3) is 0 Å². The van der Waals surface area contributed by atoms with E-state index in [9.17, 15) is 4.79 Å². The first-order valence-electron chi connectivity index (χ1n) is 2.96. The third-order valence-corrected chi connectivity index (χ3v) is 1.72. The maximum atomic E-state index is 10.2. The summed E-state index contributed by atoms with van der Waals surface area (Å²) in [5.41, 5.74) is -0.705. The molecular weight excluding hydrogens is 143 g/mol. The van der Waals surface area contributed by atoms with Gasteiger partial charge in [-0.05, 0) is 19.8 Å². The van der Waals surface area contributed by atoms with Gasteiger partial charge in [-0.3, -0.25) is 4.79 Å². The third-order valence-electron chi connectivity index (χ3n) is 1.72. The molecular formula is C6H10NaO3. The summed E-state index contributed by atoms with van der Waals surface area (Å²) in [6, 6.07) is 0. The molecule has 0 heterocycles. The van der Waals surface area contributed by atoms with Gasteiger partial charge < -0.3 is 10.2 Å². The molecule has 0 saturated heterocycles. The van der Waals surface area contributed by atoms with E-state index in [0.717, 1.165) is 0 Å². The van der Waals surface area contributed by atoms with E-state index in [-0.39, 0.29) is 35.5 Å². The Morgan fingerprint density at radius 1 is 1.60 bits per heavy atom. The predicted molar refractivity (Wildman–Crippen MR) is 36.7 cm³/mol. The zero-order chi connectivity index (χ0) is 7.07. The van der Waals surface area contributed by atoms with Crippen molar-refractivity contribution in [1.82, 2.24) is 0 Å². The number of carboxylic acid groups (broad SMARTS) is 1. The van der Waals surface area contributed by atoms with Crippen LogP contribution >= 0.6 is 0 Å². The summed E-state index contributed by atoms with van der Waals surface area (Å²) in [5, 5.41) is 17.4. The fraction of sp³-hybridized carbons (Fsp3) is 0.833. The van der Waals surface area contributed by atoms with Crippen LogP contribution in [0.15, 0.2) is 0 Å². The molecule has 1 aliphatic rings. The van der Waals surface area contributed by atoms with Gasteiger partial charge in [0.05, 0.1) is 11.5 Å². The molecule has 10 heavy (non-hydrogen) atoms. The average Bonchev–Trinajstić information content (AvgIpc) is 1.59. The second kappa shape index (κ2) is 3.22. The van der Waals surface area contributed by atoms with Crippen LogP contribution in [0.3, 0.4) is 0 Å². The first kappa shape index (κ1) is 10.4. The maximum Gasteiger partial charge on any atom is 0.306 e. The van der Waals surface area contributed by atoms with E-state index < -0.39 is 11.6 Å². The van der Waals surface area contributed by atoms with Gasteiger partial charge in [0.15, 0.2) is 0 Å². The summed E-state index contributed by atoms with van der Waals surface area (Å²) in [6.45, 7) is 1.66. The van der Waals surface area contributed by atoms with Crippen molar-refractivity contribution in [1.29, 1.82) is 0 Å². The number of hydrogen-bond donors (Lipinski definition) is 2. The molecule has 0 aromatic heterocycles. The average molecular weight is 153 g/mol. The monoisotopic (exact) mass is 153 g/mol. The van der Waals surface area contributed by atoms with Gasteiger partial charge in [0.2, 0.25) is 0 Å². The van der Waals surface area contributed by atoms with Gasteiger partial charge in [0, 0.05) is 29.6 Å². The van der Waals surface area contributed by atoms with E-state index in [1.54, 1.807) is 6.92 Å². The van der Waals surface area contributed by atoms with Gasteiger partial charge in [-0.2, -0.15) is 0 Å². The molecule has 0 unspecified atom stereocenters. The molecule has 0 aliphatic heterocycles. The summed E-state index contributed by atoms with van der Waals surface area (Å²) in [7, 11) is 0. The number of aliphatic hydroxyl groups is 1. The van der Waals surface area contributed by atoms with Gasteiger partial charge in [0.1, 0.15) is 0 Å². The van der Waals surface area contributed by atoms with E-state index in [2.05, 4.69) is 0 Å². The zero-order valence-corrected chi connectivity index (χ0v) is 8.29. The van der Waals surface area contributed by atoms with Crippen LogP contribution in [-0.4, -0.2) is 51.3 Å². The van der Waals surface area contributed by atoms with Crippen molar-refractivity contribution in [2.24, 2.45) is 5.92 Å². The van der Waals surface area contributed by atoms with Crippen LogP contribution in [0.4, 0.5) is 0 Å². The topological polar surface area (TPSA) is 57.5 Å². The van der Waals surface area contributed by atoms with Crippen molar-refractivity contribution in [3.63, 3.8) is 0 Å². The Balaban J connectivity index is 0.000000810. The van der Waals surface area contributed by atoms with Crippen molar-refractivity contribution in [3.05, 3.63) is 0 Å². The van der Waals surface area contributed by atoms with Crippen molar-refractivity contribution >= 4 is 35.5 Å². The number of rotatable bonds is 1. The normalized spacial score (nSPS) is 37.6. The largest absolute Gasteiger partial charge is 0.481 e. The van der Waals surface area contributed by atoms with Crippen molar-refractivity contribution < 1.29 is 15.0 Å². The fourth-order valence-electron chi connectivity index (χ4n) is 1.18. The Kier molecular flexibility index (Phi) is 3.36. The summed E-state index contributed by atoms with van der Waals surface area (Å²) >= 11 is 0. The van der Waals surface area contributed by atoms with Gasteiger partial charge in [-0.15, -0.1) is 0 Å². The molecule has 3 nitrogen and oxygen atoms in total. The Bertz CT molecular complexity index is 136. The summed E-state index contributed by atoms with van der Waals surface area (Å²) < 4.78 is 0. The van der Waals surface area contributed by atoms with E-state index >= 15 is 0 Å². The number of carbonyl (C=O) groups is 1. The Morgan fingerprint density at radius 3 is 2.10 bits per heavy atom. The molecule has 0 atom stereocenters. The van der Waals surface area contributed by atoms with Crippen LogP contribution in [-0.2, 0) is 4.79 Å². The Morgan fingerprint density at radius 2 is 2.00 bits per heavy atom. The molecule has 53 valence electrons. The molecule has 1 aliphatic carbocycles. The van der Waals surface area contributed by atoms with Crippen molar-refractivity contribution in [2.45, 2.75) is 25.4 Å². The van der Waals surface area contributed by atoms with E-state index in [1.807, 2.05) is 0 Å². The maximum absolute atomic E-state index is 10.2. The fourth-order valence-corrected chi connectivity index (χ4v) is 1.18. The molecule has 0 amide bonds. The molecule has 1 saturated carbocycles. The zero-order valence-electron chi connectivity index (χ0n) is 6.29. The van der Waals surface area contributed by atoms with Crippen LogP contribution in [0.5, 0.6) is 0 Å². The van der Waals surface area contributed by atoms with Crippen LogP contribution in [0.1, 0.15) is 19.8 Å². The predicted octanol–water partition coefficient (Wildman–Crippen LogP) is -0.149. The molecule has 0 bridgehead atoms. The third kappa shape index (κ3) is 2.23. The smallest absolute Gasteiger partial charge is 0.306 e. The van der Waals surface area contributed by atoms with Gasteiger partial charge in [-0.25, -0.2) is 0 Å². The van der Waals surface area contributed by atoms with Crippen LogP contribution in [0, 0.1) is 5.92 Å². The van der Waals surface area contributed by atoms with E-state index in [1.165, 1.54) is 0 Å². The summed E-state index contributed by atoms with van der Waals surface area (Å²) in [6.07, 6.45) is 0.810. The Hall–Kier alpha value is 0.430. The first-order valence-corrected chi connectivity index (χ1v) is 2.96. The SMILES string of the molecule is CC1(O)CC(C(=O)O)C1.[Na]. The molecule has 2 N–H and O–H groups in total. The minimum atomic E-state index is -0.790. The molecule has 1 fully saturated rings. The number of aliphatic carboxylic acids is 1. The number of carboxylic acids is 1. The van der Waals surface area contributed by atoms with Crippen LogP contribution < -0.4 is 0 Å². The number of hydrogen-bond acceptors (Lipinski definition) is 2. The molecule has 0 aromatic carbocycles. The molecule has 1 rings (SSSR count). The summed E-state index contributed by atoms with van der Waals surface area (Å²) in [4.78, 5) is 10.2. The Labute approximate surface area is 81.7 Å². The van der Waals surface area contributed by atoms with Gasteiger partial charge >= 0.3 is 5.97 Å². The second-order valence-electron chi connectivity index (χ2n) is 2.94. The van der Waals surface area contributed by atoms with Crippen LogP contribution in [0.25, 0.3) is 0 Å². The molecule has 0 aromatic rings. The van der Waals surface area contributed by atoms with E-state index in [0.29, 0.717) is 12.8 Å². The first-order chi connectivity index (χ1) is 4.01. The minimum Gasteiger partial charge on any atom is -0.481 e. The van der Waals surface area contributed by atoms with E-state index in [4.69, 9.17) is 10.2 Å². The van der Waals surface area contributed by atoms with Crippen molar-refractivity contribution in [3.8, 4) is 0 Å². The minimum absolute atomic E-state index is 0. The van der Waals surface area contributed by atoms with Crippen molar-refractivity contribution in [2.75, 3.05) is 0 Å². The standard InChI is InChI=1S/C6H10O3.Na/c1-6(9)2-4(3-6)5(7)8;/h4,9H,2-3H2,1H3,(H,7,8);. The molecule has 0 spiro atoms. The molecule has 1 radical (unpaired) electrons. The quantitative estimate of drug-likeness (QED) is 0.515. The second-order valence-corrected chi connectivity index (χ2v) is 2.94. The molecule has 4 heteroatoms. The summed E-state index contributed by atoms with van der Waals surface area (Å²) in [5.74, 6) is -1.10. The van der Waals surface area contributed by atoms with Crippen LogP contribution in [0.2, 0.25) is 0 Å². The van der Waals surface area contributed by atoms with Gasteiger partial charge in [-0.1, -0.05) is 0 Å².